The Bertz CT molecular complexity index is 376. The second kappa shape index (κ2) is 4.77. The third kappa shape index (κ3) is 2.70. The molecule has 1 heterocycles. The maximum Gasteiger partial charge on any atom is 0.287 e. The minimum Gasteiger partial charge on any atom is -0.393 e. The first kappa shape index (κ1) is 11.5. The number of aryl methyl sites for hydroxylation is 1. The van der Waals surface area contributed by atoms with Gasteiger partial charge >= 0.3 is 0 Å². The van der Waals surface area contributed by atoms with Gasteiger partial charge in [-0.3, -0.25) is 4.79 Å². The zero-order chi connectivity index (χ0) is 10.7. The second-order valence-electron chi connectivity index (χ2n) is 2.97. The van der Waals surface area contributed by atoms with Crippen LogP contribution in [0.15, 0.2) is 11.0 Å². The predicted molar refractivity (Wildman–Crippen MR) is 54.8 cm³/mol. The van der Waals surface area contributed by atoms with Crippen molar-refractivity contribution in [1.29, 1.82) is 0 Å². The molecular weight excluding hydrogens is 227 g/mol. The number of hydrogen-bond acceptors (Lipinski definition) is 3. The number of aromatic nitrogens is 2. The van der Waals surface area contributed by atoms with Gasteiger partial charge in [0.25, 0.3) is 5.56 Å². The first-order chi connectivity index (χ1) is 6.52. The minimum absolute atomic E-state index is 0.0349. The lowest BCUT2D eigenvalue weighted by atomic mass is 10.3. The summed E-state index contributed by atoms with van der Waals surface area (Å²) >= 11 is 11.2. The van der Waals surface area contributed by atoms with Gasteiger partial charge in [-0.25, -0.2) is 4.68 Å². The monoisotopic (exact) mass is 236 g/mol. The molecule has 1 N–H and O–H groups in total. The summed E-state index contributed by atoms with van der Waals surface area (Å²) in [6.07, 6.45) is 1.29. The van der Waals surface area contributed by atoms with Gasteiger partial charge in [-0.15, -0.1) is 0 Å². The lowest BCUT2D eigenvalue weighted by molar-refractivity contribution is 0.175. The van der Waals surface area contributed by atoms with E-state index in [0.29, 0.717) is 13.0 Å². The van der Waals surface area contributed by atoms with Gasteiger partial charge in [0.15, 0.2) is 0 Å². The van der Waals surface area contributed by atoms with Crippen LogP contribution in [0.5, 0.6) is 0 Å². The van der Waals surface area contributed by atoms with Crippen molar-refractivity contribution in [3.8, 4) is 0 Å². The predicted octanol–water partition coefficient (Wildman–Crippen LogP) is 1.32. The van der Waals surface area contributed by atoms with E-state index in [1.807, 2.05) is 0 Å². The molecule has 0 aliphatic rings. The number of halogens is 2. The van der Waals surface area contributed by atoms with Crippen molar-refractivity contribution in [2.45, 2.75) is 26.0 Å². The lowest BCUT2D eigenvalue weighted by Gasteiger charge is -2.06. The van der Waals surface area contributed by atoms with E-state index in [-0.39, 0.29) is 10.0 Å². The van der Waals surface area contributed by atoms with E-state index in [4.69, 9.17) is 28.3 Å². The SMILES string of the molecule is CC(O)CCn1ncc(Cl)c(Cl)c1=O. The molecule has 14 heavy (non-hydrogen) atoms. The average Bonchev–Trinajstić information content (AvgIpc) is 2.13. The third-order valence-corrected chi connectivity index (χ3v) is 2.45. The first-order valence-electron chi connectivity index (χ1n) is 4.11. The zero-order valence-electron chi connectivity index (χ0n) is 7.57. The maximum atomic E-state index is 11.4. The Morgan fingerprint density at radius 3 is 2.86 bits per heavy atom. The van der Waals surface area contributed by atoms with Crippen LogP contribution in [-0.2, 0) is 6.54 Å². The highest BCUT2D eigenvalue weighted by atomic mass is 35.5. The van der Waals surface area contributed by atoms with Gasteiger partial charge in [0.2, 0.25) is 0 Å². The van der Waals surface area contributed by atoms with Crippen LogP contribution in [0.1, 0.15) is 13.3 Å². The van der Waals surface area contributed by atoms with Crippen molar-refractivity contribution in [1.82, 2.24) is 9.78 Å². The van der Waals surface area contributed by atoms with Crippen LogP contribution < -0.4 is 5.56 Å². The molecule has 0 aliphatic heterocycles. The van der Waals surface area contributed by atoms with E-state index < -0.39 is 11.7 Å². The average molecular weight is 237 g/mol. The molecule has 0 saturated heterocycles. The Morgan fingerprint density at radius 2 is 2.29 bits per heavy atom. The number of rotatable bonds is 3. The largest absolute Gasteiger partial charge is 0.393 e. The summed E-state index contributed by atoms with van der Waals surface area (Å²) < 4.78 is 1.18. The molecule has 0 aliphatic carbocycles. The van der Waals surface area contributed by atoms with Gasteiger partial charge in [0.1, 0.15) is 5.02 Å². The molecule has 0 fully saturated rings. The maximum absolute atomic E-state index is 11.4. The lowest BCUT2D eigenvalue weighted by Crippen LogP contribution is -2.24. The van der Waals surface area contributed by atoms with E-state index in [0.717, 1.165) is 0 Å². The Balaban J connectivity index is 2.89. The van der Waals surface area contributed by atoms with Crippen LogP contribution in [0.25, 0.3) is 0 Å². The number of hydrogen-bond donors (Lipinski definition) is 1. The van der Waals surface area contributed by atoms with Gasteiger partial charge in [-0.1, -0.05) is 23.2 Å². The smallest absolute Gasteiger partial charge is 0.287 e. The highest BCUT2D eigenvalue weighted by Gasteiger charge is 2.07. The highest BCUT2D eigenvalue weighted by Crippen LogP contribution is 2.14. The molecule has 6 heteroatoms. The molecular formula is C8H10Cl2N2O2. The Labute approximate surface area is 91.1 Å². The molecule has 0 saturated carbocycles. The fourth-order valence-corrected chi connectivity index (χ4v) is 1.18. The molecule has 1 rings (SSSR count). The van der Waals surface area contributed by atoms with E-state index in [1.54, 1.807) is 6.92 Å². The van der Waals surface area contributed by atoms with Gasteiger partial charge < -0.3 is 5.11 Å². The molecule has 0 spiro atoms. The van der Waals surface area contributed by atoms with Gasteiger partial charge in [0, 0.05) is 6.54 Å². The molecule has 0 radical (unpaired) electrons. The van der Waals surface area contributed by atoms with Gasteiger partial charge in [-0.2, -0.15) is 5.10 Å². The first-order valence-corrected chi connectivity index (χ1v) is 4.87. The zero-order valence-corrected chi connectivity index (χ0v) is 9.09. The molecule has 0 amide bonds. The van der Waals surface area contributed by atoms with Gasteiger partial charge in [-0.05, 0) is 13.3 Å². The van der Waals surface area contributed by atoms with E-state index in [2.05, 4.69) is 5.10 Å². The van der Waals surface area contributed by atoms with Crippen molar-refractivity contribution in [3.05, 3.63) is 26.6 Å². The summed E-state index contributed by atoms with van der Waals surface area (Å²) in [5, 5.41) is 12.9. The minimum atomic E-state index is -0.474. The van der Waals surface area contributed by atoms with Gasteiger partial charge in [0.05, 0.1) is 17.3 Å². The van der Waals surface area contributed by atoms with E-state index in [9.17, 15) is 4.79 Å². The van der Waals surface area contributed by atoms with E-state index >= 15 is 0 Å². The molecule has 0 bridgehead atoms. The Morgan fingerprint density at radius 1 is 1.64 bits per heavy atom. The summed E-state index contributed by atoms with van der Waals surface area (Å²) in [5.41, 5.74) is -0.431. The standard InChI is InChI=1S/C8H10Cl2N2O2/c1-5(13)2-3-12-8(14)7(10)6(9)4-11-12/h4-5,13H,2-3H2,1H3. The van der Waals surface area contributed by atoms with Crippen molar-refractivity contribution < 1.29 is 5.11 Å². The van der Waals surface area contributed by atoms with Crippen LogP contribution in [0.2, 0.25) is 10.0 Å². The van der Waals surface area contributed by atoms with E-state index in [1.165, 1.54) is 10.9 Å². The summed E-state index contributed by atoms with van der Waals surface area (Å²) in [6, 6.07) is 0. The van der Waals surface area contributed by atoms with Crippen molar-refractivity contribution in [2.75, 3.05) is 0 Å². The summed E-state index contributed by atoms with van der Waals surface area (Å²) in [6.45, 7) is 1.97. The normalized spacial score (nSPS) is 12.9. The van der Waals surface area contributed by atoms with Crippen LogP contribution in [0.3, 0.4) is 0 Å². The Kier molecular flexibility index (Phi) is 3.92. The molecule has 1 aromatic rings. The van der Waals surface area contributed by atoms with Crippen LogP contribution in [0, 0.1) is 0 Å². The Hall–Kier alpha value is -0.580. The molecule has 1 atom stereocenters. The third-order valence-electron chi connectivity index (χ3n) is 1.70. The summed E-state index contributed by atoms with van der Waals surface area (Å²) in [4.78, 5) is 11.4. The van der Waals surface area contributed by atoms with Crippen LogP contribution in [0.4, 0.5) is 0 Å². The fraction of sp³-hybridized carbons (Fsp3) is 0.500. The van der Waals surface area contributed by atoms with Crippen molar-refractivity contribution in [3.63, 3.8) is 0 Å². The molecule has 4 nitrogen and oxygen atoms in total. The summed E-state index contributed by atoms with van der Waals surface area (Å²) in [7, 11) is 0. The molecule has 78 valence electrons. The van der Waals surface area contributed by atoms with Crippen LogP contribution >= 0.6 is 23.2 Å². The topological polar surface area (TPSA) is 55.1 Å². The molecule has 1 aromatic heterocycles. The highest BCUT2D eigenvalue weighted by molar-refractivity contribution is 6.41. The quantitative estimate of drug-likeness (QED) is 0.862. The fourth-order valence-electron chi connectivity index (χ4n) is 0.913. The van der Waals surface area contributed by atoms with Crippen molar-refractivity contribution in [2.24, 2.45) is 0 Å². The molecule has 1 unspecified atom stereocenters. The number of aliphatic hydroxyl groups is 1. The second-order valence-corrected chi connectivity index (χ2v) is 3.76. The number of nitrogens with zero attached hydrogens (tertiary/aromatic N) is 2. The van der Waals surface area contributed by atoms with Crippen LogP contribution in [-0.4, -0.2) is 21.0 Å². The number of aliphatic hydroxyl groups excluding tert-OH is 1. The van der Waals surface area contributed by atoms with Crippen molar-refractivity contribution >= 4 is 23.2 Å². The molecule has 0 aromatic carbocycles. The summed E-state index contributed by atoms with van der Waals surface area (Å²) in [5.74, 6) is 0.